The summed E-state index contributed by atoms with van der Waals surface area (Å²) in [6, 6.07) is 16.7. The third-order valence-corrected chi connectivity index (χ3v) is 5.13. The Bertz CT molecular complexity index is 1200. The smallest absolute Gasteiger partial charge is 0.252 e. The van der Waals surface area contributed by atoms with Gasteiger partial charge < -0.3 is 14.2 Å². The number of H-pyrrole nitrogens is 1. The van der Waals surface area contributed by atoms with E-state index in [4.69, 9.17) is 9.26 Å². The van der Waals surface area contributed by atoms with Crippen LogP contribution in [0.4, 0.5) is 0 Å². The quantitative estimate of drug-likeness (QED) is 0.381. The molecule has 0 amide bonds. The van der Waals surface area contributed by atoms with Crippen molar-refractivity contribution in [2.45, 2.75) is 17.8 Å². The van der Waals surface area contributed by atoms with Gasteiger partial charge >= 0.3 is 0 Å². The van der Waals surface area contributed by atoms with E-state index in [1.54, 1.807) is 7.11 Å². The number of benzene rings is 2. The van der Waals surface area contributed by atoms with Gasteiger partial charge in [0.2, 0.25) is 11.7 Å². The lowest BCUT2D eigenvalue weighted by molar-refractivity contribution is 0.391. The molecule has 2 heterocycles. The van der Waals surface area contributed by atoms with Gasteiger partial charge in [0.15, 0.2) is 5.16 Å². The molecular formula is C21H18N4O3S. The van der Waals surface area contributed by atoms with Gasteiger partial charge in [0.05, 0.1) is 18.6 Å². The molecule has 8 heteroatoms. The van der Waals surface area contributed by atoms with E-state index in [1.807, 2.05) is 55.5 Å². The largest absolute Gasteiger partial charge is 0.497 e. The van der Waals surface area contributed by atoms with E-state index in [0.29, 0.717) is 34.1 Å². The molecule has 0 aliphatic carbocycles. The van der Waals surface area contributed by atoms with Crippen LogP contribution in [0, 0.1) is 6.92 Å². The molecule has 146 valence electrons. The molecule has 0 bridgehead atoms. The number of nitrogens with one attached hydrogen (secondary N) is 1. The fraction of sp³-hybridized carbons (Fsp3) is 0.143. The lowest BCUT2D eigenvalue weighted by atomic mass is 10.1. The minimum Gasteiger partial charge on any atom is -0.497 e. The first-order valence-corrected chi connectivity index (χ1v) is 9.88. The fourth-order valence-electron chi connectivity index (χ4n) is 2.81. The molecule has 0 atom stereocenters. The summed E-state index contributed by atoms with van der Waals surface area (Å²) in [7, 11) is 1.60. The van der Waals surface area contributed by atoms with Crippen molar-refractivity contribution in [3.05, 3.63) is 76.4 Å². The Kier molecular flexibility index (Phi) is 5.44. The van der Waals surface area contributed by atoms with E-state index >= 15 is 0 Å². The number of nitrogens with zero attached hydrogens (tertiary/aromatic N) is 3. The van der Waals surface area contributed by atoms with Crippen LogP contribution in [-0.2, 0) is 5.75 Å². The van der Waals surface area contributed by atoms with E-state index in [-0.39, 0.29) is 5.56 Å². The zero-order chi connectivity index (χ0) is 20.2. The van der Waals surface area contributed by atoms with Crippen LogP contribution in [0.5, 0.6) is 5.75 Å². The summed E-state index contributed by atoms with van der Waals surface area (Å²) < 4.78 is 10.6. The molecule has 4 rings (SSSR count). The Balaban J connectivity index is 1.53. The topological polar surface area (TPSA) is 93.9 Å². The van der Waals surface area contributed by atoms with Crippen LogP contribution in [-0.4, -0.2) is 27.2 Å². The van der Waals surface area contributed by atoms with Crippen LogP contribution >= 0.6 is 11.8 Å². The standard InChI is InChI=1S/C21H18N4O3S/c1-13-6-3-4-9-16(13)20-24-19(28-25-20)12-29-21-22-17(11-18(26)23-21)14-7-5-8-15(10-14)27-2/h3-11H,12H2,1-2H3,(H,22,23,26). The summed E-state index contributed by atoms with van der Waals surface area (Å²) in [5.74, 6) is 2.10. The molecule has 0 aliphatic rings. The highest BCUT2D eigenvalue weighted by atomic mass is 32.2. The lowest BCUT2D eigenvalue weighted by Crippen LogP contribution is -2.08. The third-order valence-electron chi connectivity index (χ3n) is 4.27. The number of hydrogen-bond donors (Lipinski definition) is 1. The van der Waals surface area contributed by atoms with Crippen LogP contribution < -0.4 is 10.3 Å². The predicted molar refractivity (Wildman–Crippen MR) is 111 cm³/mol. The van der Waals surface area contributed by atoms with Crippen molar-refractivity contribution < 1.29 is 9.26 Å². The number of hydrogen-bond acceptors (Lipinski definition) is 7. The van der Waals surface area contributed by atoms with Crippen LogP contribution in [0.15, 0.2) is 69.1 Å². The van der Waals surface area contributed by atoms with Crippen molar-refractivity contribution in [3.8, 4) is 28.4 Å². The number of aryl methyl sites for hydroxylation is 1. The van der Waals surface area contributed by atoms with Gasteiger partial charge in [-0.05, 0) is 24.6 Å². The van der Waals surface area contributed by atoms with Gasteiger partial charge in [-0.15, -0.1) is 0 Å². The summed E-state index contributed by atoms with van der Waals surface area (Å²) in [5, 5.41) is 4.53. The van der Waals surface area contributed by atoms with Crippen LogP contribution in [0.1, 0.15) is 11.5 Å². The van der Waals surface area contributed by atoms with Crippen molar-refractivity contribution in [2.24, 2.45) is 0 Å². The second-order valence-corrected chi connectivity index (χ2v) is 7.25. The molecular weight excluding hydrogens is 388 g/mol. The van der Waals surface area contributed by atoms with Gasteiger partial charge in [0, 0.05) is 17.2 Å². The molecule has 0 unspecified atom stereocenters. The molecule has 2 aromatic carbocycles. The number of thioether (sulfide) groups is 1. The molecule has 0 aliphatic heterocycles. The van der Waals surface area contributed by atoms with Gasteiger partial charge in [-0.25, -0.2) is 4.98 Å². The Hall–Kier alpha value is -3.39. The maximum atomic E-state index is 12.1. The number of aromatic nitrogens is 4. The highest BCUT2D eigenvalue weighted by molar-refractivity contribution is 7.98. The van der Waals surface area contributed by atoms with Crippen molar-refractivity contribution in [1.82, 2.24) is 20.1 Å². The molecule has 2 aromatic heterocycles. The van der Waals surface area contributed by atoms with E-state index in [1.165, 1.54) is 17.8 Å². The number of rotatable bonds is 6. The molecule has 0 saturated carbocycles. The average molecular weight is 406 g/mol. The molecule has 0 spiro atoms. The molecule has 0 fully saturated rings. The summed E-state index contributed by atoms with van der Waals surface area (Å²) in [6.07, 6.45) is 0. The summed E-state index contributed by atoms with van der Waals surface area (Å²) in [6.45, 7) is 2.00. The molecule has 1 N–H and O–H groups in total. The zero-order valence-electron chi connectivity index (χ0n) is 15.9. The third kappa shape index (κ3) is 4.38. The van der Waals surface area contributed by atoms with Gasteiger partial charge in [-0.2, -0.15) is 4.98 Å². The van der Waals surface area contributed by atoms with E-state index < -0.39 is 0 Å². The minimum absolute atomic E-state index is 0.230. The predicted octanol–water partition coefficient (Wildman–Crippen LogP) is 4.10. The molecule has 0 saturated heterocycles. The van der Waals surface area contributed by atoms with E-state index in [2.05, 4.69) is 20.1 Å². The summed E-state index contributed by atoms with van der Waals surface area (Å²) in [5.41, 5.74) is 3.15. The van der Waals surface area contributed by atoms with Crippen LogP contribution in [0.3, 0.4) is 0 Å². The first-order valence-electron chi connectivity index (χ1n) is 8.89. The molecule has 29 heavy (non-hydrogen) atoms. The highest BCUT2D eigenvalue weighted by Gasteiger charge is 2.12. The maximum Gasteiger partial charge on any atom is 0.252 e. The Morgan fingerprint density at radius 1 is 1.10 bits per heavy atom. The Labute approximate surface area is 171 Å². The fourth-order valence-corrected chi connectivity index (χ4v) is 3.52. The molecule has 0 radical (unpaired) electrons. The van der Waals surface area contributed by atoms with Crippen LogP contribution in [0.2, 0.25) is 0 Å². The van der Waals surface area contributed by atoms with Gasteiger partial charge in [0.1, 0.15) is 5.75 Å². The second-order valence-electron chi connectivity index (χ2n) is 6.28. The summed E-state index contributed by atoms with van der Waals surface area (Å²) in [4.78, 5) is 23.8. The molecule has 7 nitrogen and oxygen atoms in total. The van der Waals surface area contributed by atoms with Gasteiger partial charge in [-0.1, -0.05) is 53.3 Å². The van der Waals surface area contributed by atoms with Crippen LogP contribution in [0.25, 0.3) is 22.6 Å². The number of aromatic amines is 1. The first kappa shape index (κ1) is 18.9. The maximum absolute atomic E-state index is 12.1. The number of methoxy groups -OCH3 is 1. The number of ether oxygens (including phenoxy) is 1. The average Bonchev–Trinajstić information content (AvgIpc) is 3.21. The minimum atomic E-state index is -0.230. The second kappa shape index (κ2) is 8.32. The SMILES string of the molecule is COc1cccc(-c2cc(=O)[nH]c(SCc3nc(-c4ccccc4C)no3)n2)c1. The molecule has 4 aromatic rings. The monoisotopic (exact) mass is 406 g/mol. The van der Waals surface area contributed by atoms with Crippen molar-refractivity contribution in [3.63, 3.8) is 0 Å². The Morgan fingerprint density at radius 3 is 2.79 bits per heavy atom. The lowest BCUT2D eigenvalue weighted by Gasteiger charge is -2.05. The van der Waals surface area contributed by atoms with Crippen molar-refractivity contribution in [2.75, 3.05) is 7.11 Å². The zero-order valence-corrected chi connectivity index (χ0v) is 16.7. The van der Waals surface area contributed by atoms with Crippen molar-refractivity contribution >= 4 is 11.8 Å². The summed E-state index contributed by atoms with van der Waals surface area (Å²) >= 11 is 1.33. The van der Waals surface area contributed by atoms with E-state index in [0.717, 1.165) is 16.7 Å². The van der Waals surface area contributed by atoms with Gasteiger partial charge in [0.25, 0.3) is 5.56 Å². The van der Waals surface area contributed by atoms with Gasteiger partial charge in [-0.3, -0.25) is 4.79 Å². The normalized spacial score (nSPS) is 10.8. The Morgan fingerprint density at radius 2 is 1.97 bits per heavy atom. The first-order chi connectivity index (χ1) is 14.1. The highest BCUT2D eigenvalue weighted by Crippen LogP contribution is 2.25. The van der Waals surface area contributed by atoms with Crippen molar-refractivity contribution in [1.29, 1.82) is 0 Å². The van der Waals surface area contributed by atoms with E-state index in [9.17, 15) is 4.79 Å².